The summed E-state index contributed by atoms with van der Waals surface area (Å²) in [6.07, 6.45) is 0. The first kappa shape index (κ1) is 12.8. The van der Waals surface area contributed by atoms with Gasteiger partial charge >= 0.3 is 0 Å². The lowest BCUT2D eigenvalue weighted by Crippen LogP contribution is -2.27. The van der Waals surface area contributed by atoms with Gasteiger partial charge in [0.25, 0.3) is 0 Å². The molecule has 18 heavy (non-hydrogen) atoms. The summed E-state index contributed by atoms with van der Waals surface area (Å²) in [6, 6.07) is 3.88. The Balaban J connectivity index is 2.39. The average Bonchev–Trinajstić information content (AvgIpc) is 2.56. The van der Waals surface area contributed by atoms with Gasteiger partial charge < -0.3 is 11.1 Å². The molecule has 1 aromatic heterocycles. The molecule has 0 saturated heterocycles. The molecule has 1 aromatic carbocycles. The van der Waals surface area contributed by atoms with Gasteiger partial charge in [-0.3, -0.25) is 4.79 Å². The molecule has 96 valence electrons. The van der Waals surface area contributed by atoms with Crippen molar-refractivity contribution in [3.8, 4) is 0 Å². The number of aromatic nitrogens is 1. The van der Waals surface area contributed by atoms with E-state index in [1.807, 2.05) is 39.8 Å². The number of thiazole rings is 1. The molecule has 0 atom stereocenters. The maximum Gasteiger partial charge on any atom is 0.229 e. The normalized spacial score (nSPS) is 11.8. The van der Waals surface area contributed by atoms with Gasteiger partial charge in [0.2, 0.25) is 5.91 Å². The molecule has 0 unspecified atom stereocenters. The molecule has 1 heterocycles. The van der Waals surface area contributed by atoms with Crippen LogP contribution in [0, 0.1) is 12.3 Å². The van der Waals surface area contributed by atoms with Crippen molar-refractivity contribution in [1.29, 1.82) is 0 Å². The molecule has 4 nitrogen and oxygen atoms in total. The van der Waals surface area contributed by atoms with Crippen molar-refractivity contribution in [2.75, 3.05) is 11.1 Å². The summed E-state index contributed by atoms with van der Waals surface area (Å²) in [6.45, 7) is 7.62. The fourth-order valence-corrected chi connectivity index (χ4v) is 2.30. The minimum Gasteiger partial charge on any atom is -0.375 e. The van der Waals surface area contributed by atoms with Crippen molar-refractivity contribution in [1.82, 2.24) is 4.98 Å². The second-order valence-corrected chi connectivity index (χ2v) is 6.45. The van der Waals surface area contributed by atoms with E-state index < -0.39 is 5.41 Å². The van der Waals surface area contributed by atoms with Gasteiger partial charge in [0.15, 0.2) is 5.13 Å². The summed E-state index contributed by atoms with van der Waals surface area (Å²) >= 11 is 1.42. The van der Waals surface area contributed by atoms with E-state index in [1.165, 1.54) is 11.3 Å². The molecule has 0 radical (unpaired) electrons. The van der Waals surface area contributed by atoms with Crippen molar-refractivity contribution in [3.05, 3.63) is 17.7 Å². The molecule has 0 bridgehead atoms. The average molecular weight is 263 g/mol. The van der Waals surface area contributed by atoms with E-state index >= 15 is 0 Å². The van der Waals surface area contributed by atoms with E-state index in [-0.39, 0.29) is 5.91 Å². The number of hydrogen-bond acceptors (Lipinski definition) is 4. The summed E-state index contributed by atoms with van der Waals surface area (Å²) in [4.78, 5) is 16.2. The standard InChI is InChI=1S/C13H17N3OS/c1-7-5-9-10(18-12(14)16-9)6-8(7)15-11(17)13(2,3)4/h5-6H,1-4H3,(H2,14,16)(H,15,17). The van der Waals surface area contributed by atoms with E-state index in [4.69, 9.17) is 5.73 Å². The van der Waals surface area contributed by atoms with Crippen LogP contribution in [-0.4, -0.2) is 10.9 Å². The maximum absolute atomic E-state index is 12.0. The fourth-order valence-electron chi connectivity index (χ4n) is 1.54. The highest BCUT2D eigenvalue weighted by Gasteiger charge is 2.22. The summed E-state index contributed by atoms with van der Waals surface area (Å²) < 4.78 is 0.988. The largest absolute Gasteiger partial charge is 0.375 e. The fraction of sp³-hybridized carbons (Fsp3) is 0.385. The number of amides is 1. The first-order chi connectivity index (χ1) is 8.27. The van der Waals surface area contributed by atoms with Crippen LogP contribution in [0.5, 0.6) is 0 Å². The Kier molecular flexibility index (Phi) is 3.02. The van der Waals surface area contributed by atoms with Crippen LogP contribution in [0.2, 0.25) is 0 Å². The summed E-state index contributed by atoms with van der Waals surface area (Å²) in [5, 5.41) is 3.50. The van der Waals surface area contributed by atoms with Crippen LogP contribution in [-0.2, 0) is 4.79 Å². The van der Waals surface area contributed by atoms with Gasteiger partial charge in [0.1, 0.15) is 0 Å². The Morgan fingerprint density at radius 3 is 2.67 bits per heavy atom. The van der Waals surface area contributed by atoms with Gasteiger partial charge in [-0.15, -0.1) is 0 Å². The van der Waals surface area contributed by atoms with Crippen molar-refractivity contribution in [2.24, 2.45) is 5.41 Å². The number of anilines is 2. The van der Waals surface area contributed by atoms with Crippen molar-refractivity contribution in [3.63, 3.8) is 0 Å². The molecule has 1 amide bonds. The highest BCUT2D eigenvalue weighted by atomic mass is 32.1. The lowest BCUT2D eigenvalue weighted by atomic mass is 9.95. The molecule has 0 aliphatic rings. The minimum absolute atomic E-state index is 0.00226. The number of aryl methyl sites for hydroxylation is 1. The Morgan fingerprint density at radius 2 is 2.06 bits per heavy atom. The van der Waals surface area contributed by atoms with E-state index in [0.717, 1.165) is 21.5 Å². The number of benzene rings is 1. The molecule has 0 aliphatic heterocycles. The zero-order valence-electron chi connectivity index (χ0n) is 11.0. The van der Waals surface area contributed by atoms with Gasteiger partial charge in [-0.05, 0) is 24.6 Å². The number of hydrogen-bond donors (Lipinski definition) is 2. The van der Waals surface area contributed by atoms with Crippen LogP contribution >= 0.6 is 11.3 Å². The van der Waals surface area contributed by atoms with Crippen LogP contribution in [0.15, 0.2) is 12.1 Å². The lowest BCUT2D eigenvalue weighted by Gasteiger charge is -2.18. The topological polar surface area (TPSA) is 68.0 Å². The molecule has 2 aromatic rings. The van der Waals surface area contributed by atoms with Gasteiger partial charge in [0.05, 0.1) is 10.2 Å². The van der Waals surface area contributed by atoms with Crippen LogP contribution in [0.4, 0.5) is 10.8 Å². The Morgan fingerprint density at radius 1 is 1.39 bits per heavy atom. The molecule has 5 heteroatoms. The number of nitrogens with two attached hydrogens (primary N) is 1. The monoisotopic (exact) mass is 263 g/mol. The molecule has 0 spiro atoms. The summed E-state index contributed by atoms with van der Waals surface area (Å²) in [5.41, 5.74) is 7.97. The third-order valence-electron chi connectivity index (χ3n) is 2.68. The van der Waals surface area contributed by atoms with Crippen molar-refractivity contribution in [2.45, 2.75) is 27.7 Å². The molecular formula is C13H17N3OS. The van der Waals surface area contributed by atoms with Crippen LogP contribution in [0.1, 0.15) is 26.3 Å². The second-order valence-electron chi connectivity index (χ2n) is 5.39. The highest BCUT2D eigenvalue weighted by Crippen LogP contribution is 2.30. The van der Waals surface area contributed by atoms with Gasteiger partial charge in [-0.25, -0.2) is 4.98 Å². The lowest BCUT2D eigenvalue weighted by molar-refractivity contribution is -0.123. The smallest absolute Gasteiger partial charge is 0.229 e. The number of carbonyl (C=O) groups excluding carboxylic acids is 1. The highest BCUT2D eigenvalue weighted by molar-refractivity contribution is 7.22. The van der Waals surface area contributed by atoms with Crippen LogP contribution in [0.3, 0.4) is 0 Å². The number of nitrogens with zero attached hydrogens (tertiary/aromatic N) is 1. The van der Waals surface area contributed by atoms with E-state index in [1.54, 1.807) is 0 Å². The van der Waals surface area contributed by atoms with E-state index in [0.29, 0.717) is 5.13 Å². The second kappa shape index (κ2) is 4.24. The number of rotatable bonds is 1. The summed E-state index contributed by atoms with van der Waals surface area (Å²) in [5.74, 6) is 0.00226. The number of fused-ring (bicyclic) bond motifs is 1. The first-order valence-electron chi connectivity index (χ1n) is 5.75. The molecule has 0 aliphatic carbocycles. The molecular weight excluding hydrogens is 246 g/mol. The zero-order chi connectivity index (χ0) is 13.5. The predicted molar refractivity (Wildman–Crippen MR) is 76.9 cm³/mol. The molecule has 2 rings (SSSR count). The predicted octanol–water partition coefficient (Wildman–Crippen LogP) is 3.17. The first-order valence-corrected chi connectivity index (χ1v) is 6.57. The van der Waals surface area contributed by atoms with E-state index in [2.05, 4.69) is 10.3 Å². The van der Waals surface area contributed by atoms with Gasteiger partial charge in [-0.1, -0.05) is 32.1 Å². The quantitative estimate of drug-likeness (QED) is 0.830. The number of nitrogen functional groups attached to an aromatic ring is 1. The van der Waals surface area contributed by atoms with Gasteiger partial charge in [-0.2, -0.15) is 0 Å². The third-order valence-corrected chi connectivity index (χ3v) is 3.53. The number of nitrogens with one attached hydrogen (secondary N) is 1. The van der Waals surface area contributed by atoms with Crippen LogP contribution < -0.4 is 11.1 Å². The van der Waals surface area contributed by atoms with Crippen molar-refractivity contribution >= 4 is 38.3 Å². The van der Waals surface area contributed by atoms with E-state index in [9.17, 15) is 4.79 Å². The zero-order valence-corrected chi connectivity index (χ0v) is 11.8. The van der Waals surface area contributed by atoms with Gasteiger partial charge in [0, 0.05) is 11.1 Å². The molecule has 3 N–H and O–H groups in total. The maximum atomic E-state index is 12.0. The Bertz CT molecular complexity index is 610. The third kappa shape index (κ3) is 2.46. The van der Waals surface area contributed by atoms with Crippen LogP contribution in [0.25, 0.3) is 10.2 Å². The summed E-state index contributed by atoms with van der Waals surface area (Å²) in [7, 11) is 0. The molecule has 0 fully saturated rings. The molecule has 0 saturated carbocycles. The van der Waals surface area contributed by atoms with Crippen molar-refractivity contribution < 1.29 is 4.79 Å². The number of carbonyl (C=O) groups is 1. The SMILES string of the molecule is Cc1cc2nc(N)sc2cc1NC(=O)C(C)(C)C. The minimum atomic E-state index is -0.409. The Hall–Kier alpha value is -1.62. The Labute approximate surface area is 110 Å².